The highest BCUT2D eigenvalue weighted by Gasteiger charge is 1.86. The quantitative estimate of drug-likeness (QED) is 0.484. The van der Waals surface area contributed by atoms with Gasteiger partial charge in [-0.15, -0.1) is 0 Å². The molecule has 1 aliphatic carbocycles. The Hall–Kier alpha value is -0.780. The van der Waals surface area contributed by atoms with Crippen LogP contribution >= 0.6 is 0 Å². The van der Waals surface area contributed by atoms with Crippen molar-refractivity contribution in [1.82, 2.24) is 0 Å². The third-order valence-corrected chi connectivity index (χ3v) is 2.22. The third-order valence-electron chi connectivity index (χ3n) is 2.22. The van der Waals surface area contributed by atoms with E-state index in [2.05, 4.69) is 30.4 Å². The molecule has 13 heavy (non-hydrogen) atoms. The van der Waals surface area contributed by atoms with Crippen LogP contribution in [-0.4, -0.2) is 0 Å². The van der Waals surface area contributed by atoms with Crippen LogP contribution in [0.4, 0.5) is 0 Å². The van der Waals surface area contributed by atoms with Crippen LogP contribution in [0, 0.1) is 6.08 Å². The number of rotatable bonds is 0. The summed E-state index contributed by atoms with van der Waals surface area (Å²) in [6, 6.07) is 0. The van der Waals surface area contributed by atoms with Crippen LogP contribution in [0.3, 0.4) is 0 Å². The molecule has 0 heteroatoms. The normalized spacial score (nSPS) is 20.3. The van der Waals surface area contributed by atoms with E-state index >= 15 is 0 Å². The van der Waals surface area contributed by atoms with Gasteiger partial charge in [0.05, 0.1) is 0 Å². The van der Waals surface area contributed by atoms with Gasteiger partial charge in [-0.05, 0) is 44.6 Å². The fraction of sp³-hybridized carbons (Fsp3) is 0.538. The molecule has 1 radical (unpaired) electrons. The highest BCUT2D eigenvalue weighted by atomic mass is 13.9. The van der Waals surface area contributed by atoms with Crippen molar-refractivity contribution in [2.24, 2.45) is 0 Å². The van der Waals surface area contributed by atoms with Crippen molar-refractivity contribution in [2.75, 3.05) is 0 Å². The Labute approximate surface area is 82.0 Å². The van der Waals surface area contributed by atoms with Crippen molar-refractivity contribution in [3.8, 4) is 0 Å². The first-order chi connectivity index (χ1) is 6.50. The van der Waals surface area contributed by atoms with Crippen molar-refractivity contribution in [1.29, 1.82) is 0 Å². The van der Waals surface area contributed by atoms with Gasteiger partial charge in [-0.3, -0.25) is 0 Å². The summed E-state index contributed by atoms with van der Waals surface area (Å²) < 4.78 is 0. The van der Waals surface area contributed by atoms with Crippen LogP contribution in [0.2, 0.25) is 0 Å². The van der Waals surface area contributed by atoms with E-state index in [4.69, 9.17) is 0 Å². The molecule has 0 nitrogen and oxygen atoms in total. The summed E-state index contributed by atoms with van der Waals surface area (Å²) in [5.74, 6) is 0. The van der Waals surface area contributed by atoms with Crippen molar-refractivity contribution in [3.63, 3.8) is 0 Å². The lowest BCUT2D eigenvalue weighted by atomic mass is 10.1. The molecule has 0 bridgehead atoms. The Kier molecular flexibility index (Phi) is 6.22. The standard InChI is InChI=1S/C13H19/c1-2-4-6-8-10-12-13-11-9-7-5-3-1/h1-2,7,9,13H,3-6,8,10,12H2. The monoisotopic (exact) mass is 175 g/mol. The molecule has 0 aromatic heterocycles. The molecule has 0 aliphatic heterocycles. The Morgan fingerprint density at radius 1 is 0.692 bits per heavy atom. The second kappa shape index (κ2) is 7.85. The van der Waals surface area contributed by atoms with E-state index in [0.717, 1.165) is 6.42 Å². The van der Waals surface area contributed by atoms with E-state index in [1.54, 1.807) is 0 Å². The Morgan fingerprint density at radius 2 is 1.46 bits per heavy atom. The van der Waals surface area contributed by atoms with Gasteiger partial charge in [-0.1, -0.05) is 36.8 Å². The van der Waals surface area contributed by atoms with Gasteiger partial charge >= 0.3 is 0 Å². The second-order valence-corrected chi connectivity index (χ2v) is 3.46. The first-order valence-corrected chi connectivity index (χ1v) is 5.38. The SMILES string of the molecule is [C]1=CCCCCCC=CCCC=C1. The van der Waals surface area contributed by atoms with E-state index in [1.165, 1.54) is 38.5 Å². The summed E-state index contributed by atoms with van der Waals surface area (Å²) in [6.07, 6.45) is 23.0. The molecule has 0 aromatic carbocycles. The topological polar surface area (TPSA) is 0 Å². The molecular formula is C13H19. The zero-order valence-electron chi connectivity index (χ0n) is 8.34. The average Bonchev–Trinajstić information content (AvgIpc) is 2.18. The molecule has 0 heterocycles. The third kappa shape index (κ3) is 6.39. The van der Waals surface area contributed by atoms with Crippen LogP contribution in [0.25, 0.3) is 0 Å². The van der Waals surface area contributed by atoms with Gasteiger partial charge < -0.3 is 0 Å². The molecule has 0 atom stereocenters. The summed E-state index contributed by atoms with van der Waals surface area (Å²) in [7, 11) is 0. The maximum atomic E-state index is 3.19. The second-order valence-electron chi connectivity index (χ2n) is 3.46. The first kappa shape index (κ1) is 10.3. The number of hydrogen-bond donors (Lipinski definition) is 0. The molecular weight excluding hydrogens is 156 g/mol. The summed E-state index contributed by atoms with van der Waals surface area (Å²) in [6.45, 7) is 0. The van der Waals surface area contributed by atoms with E-state index in [-0.39, 0.29) is 0 Å². The van der Waals surface area contributed by atoms with Gasteiger partial charge in [-0.2, -0.15) is 0 Å². The minimum Gasteiger partial charge on any atom is -0.0885 e. The maximum absolute atomic E-state index is 3.19. The molecule has 0 saturated carbocycles. The largest absolute Gasteiger partial charge is 0.0885 e. The molecule has 0 fully saturated rings. The molecule has 0 amide bonds. The summed E-state index contributed by atoms with van der Waals surface area (Å²) >= 11 is 0. The lowest BCUT2D eigenvalue weighted by Crippen LogP contribution is -1.74. The van der Waals surface area contributed by atoms with Crippen LogP contribution in [-0.2, 0) is 0 Å². The molecule has 0 saturated heterocycles. The van der Waals surface area contributed by atoms with Gasteiger partial charge in [0.15, 0.2) is 0 Å². The average molecular weight is 175 g/mol. The lowest BCUT2D eigenvalue weighted by Gasteiger charge is -1.94. The highest BCUT2D eigenvalue weighted by molar-refractivity contribution is 4.96. The van der Waals surface area contributed by atoms with Gasteiger partial charge in [0.1, 0.15) is 0 Å². The van der Waals surface area contributed by atoms with Gasteiger partial charge in [0, 0.05) is 0 Å². The molecule has 1 aliphatic rings. The van der Waals surface area contributed by atoms with Crippen molar-refractivity contribution >= 4 is 0 Å². The van der Waals surface area contributed by atoms with Crippen LogP contribution < -0.4 is 0 Å². The predicted molar refractivity (Wildman–Crippen MR) is 58.4 cm³/mol. The fourth-order valence-corrected chi connectivity index (χ4v) is 1.42. The number of hydrogen-bond acceptors (Lipinski definition) is 0. The zero-order chi connectivity index (χ0) is 9.19. The molecule has 0 N–H and O–H groups in total. The molecule has 71 valence electrons. The number of allylic oxidation sites excluding steroid dienone is 6. The van der Waals surface area contributed by atoms with Gasteiger partial charge in [0.25, 0.3) is 0 Å². The van der Waals surface area contributed by atoms with Gasteiger partial charge in [0.2, 0.25) is 0 Å². The minimum atomic E-state index is 1.15. The first-order valence-electron chi connectivity index (χ1n) is 5.38. The Bertz CT molecular complexity index is 184. The molecule has 0 aromatic rings. The van der Waals surface area contributed by atoms with Crippen LogP contribution in [0.15, 0.2) is 30.4 Å². The minimum absolute atomic E-state index is 1.15. The summed E-state index contributed by atoms with van der Waals surface area (Å²) in [5, 5.41) is 0. The molecule has 0 unspecified atom stereocenters. The van der Waals surface area contributed by atoms with Crippen molar-refractivity contribution < 1.29 is 0 Å². The lowest BCUT2D eigenvalue weighted by molar-refractivity contribution is 0.695. The van der Waals surface area contributed by atoms with Gasteiger partial charge in [-0.25, -0.2) is 0 Å². The smallest absolute Gasteiger partial charge is 0.0230 e. The van der Waals surface area contributed by atoms with E-state index in [1.807, 2.05) is 6.08 Å². The zero-order valence-corrected chi connectivity index (χ0v) is 8.34. The summed E-state index contributed by atoms with van der Waals surface area (Å²) in [4.78, 5) is 0. The van der Waals surface area contributed by atoms with E-state index in [9.17, 15) is 0 Å². The fourth-order valence-electron chi connectivity index (χ4n) is 1.42. The molecule has 1 rings (SSSR count). The van der Waals surface area contributed by atoms with Crippen LogP contribution in [0.1, 0.15) is 44.9 Å². The maximum Gasteiger partial charge on any atom is -0.0230 e. The highest BCUT2D eigenvalue weighted by Crippen LogP contribution is 2.06. The van der Waals surface area contributed by atoms with E-state index < -0.39 is 0 Å². The van der Waals surface area contributed by atoms with Crippen molar-refractivity contribution in [2.45, 2.75) is 44.9 Å². The Morgan fingerprint density at radius 3 is 2.46 bits per heavy atom. The van der Waals surface area contributed by atoms with Crippen molar-refractivity contribution in [3.05, 3.63) is 36.5 Å². The Balaban J connectivity index is 2.28. The predicted octanol–water partition coefficient (Wildman–Crippen LogP) is 4.20. The molecule has 0 spiro atoms. The summed E-state index contributed by atoms with van der Waals surface area (Å²) in [5.41, 5.74) is 0. The van der Waals surface area contributed by atoms with Crippen LogP contribution in [0.5, 0.6) is 0 Å². The van der Waals surface area contributed by atoms with E-state index in [0.29, 0.717) is 0 Å².